The van der Waals surface area contributed by atoms with E-state index in [1.54, 1.807) is 55.5 Å². The van der Waals surface area contributed by atoms with Crippen LogP contribution in [0.1, 0.15) is 35.6 Å². The van der Waals surface area contributed by atoms with Crippen molar-refractivity contribution in [3.63, 3.8) is 0 Å². The molecule has 37 heavy (non-hydrogen) atoms. The van der Waals surface area contributed by atoms with Crippen molar-refractivity contribution in [3.05, 3.63) is 108 Å². The fourth-order valence-electron chi connectivity index (χ4n) is 3.93. The van der Waals surface area contributed by atoms with Gasteiger partial charge in [0.15, 0.2) is 0 Å². The zero-order valence-electron chi connectivity index (χ0n) is 20.8. The van der Waals surface area contributed by atoms with Gasteiger partial charge in [0.1, 0.15) is 17.0 Å². The molecule has 0 bridgehead atoms. The van der Waals surface area contributed by atoms with Crippen LogP contribution in [0.15, 0.2) is 91.5 Å². The van der Waals surface area contributed by atoms with E-state index < -0.39 is 23.4 Å². The van der Waals surface area contributed by atoms with Gasteiger partial charge in [-0.3, -0.25) is 15.0 Å². The summed E-state index contributed by atoms with van der Waals surface area (Å²) in [5.74, 6) is -0.692. The molecule has 2 aromatic carbocycles. The molecular weight excluding hydrogens is 470 g/mol. The van der Waals surface area contributed by atoms with Gasteiger partial charge in [-0.05, 0) is 49.7 Å². The summed E-state index contributed by atoms with van der Waals surface area (Å²) in [6, 6.07) is 16.7. The highest BCUT2D eigenvalue weighted by atomic mass is 16.5. The van der Waals surface area contributed by atoms with Crippen molar-refractivity contribution in [2.75, 3.05) is 7.11 Å². The second-order valence-corrected chi connectivity index (χ2v) is 8.38. The molecule has 9 nitrogen and oxygen atoms in total. The van der Waals surface area contributed by atoms with E-state index in [0.717, 1.165) is 0 Å². The second-order valence-electron chi connectivity index (χ2n) is 8.38. The summed E-state index contributed by atoms with van der Waals surface area (Å²) in [6.07, 6.45) is 7.16. The topological polar surface area (TPSA) is 106 Å². The maximum atomic E-state index is 13.4. The first-order valence-corrected chi connectivity index (χ1v) is 11.6. The second kappa shape index (κ2) is 10.4. The first-order chi connectivity index (χ1) is 17.8. The van der Waals surface area contributed by atoms with Gasteiger partial charge in [0.25, 0.3) is 11.8 Å². The van der Waals surface area contributed by atoms with Crippen LogP contribution in [0.5, 0.6) is 5.75 Å². The van der Waals surface area contributed by atoms with Crippen LogP contribution in [0.4, 0.5) is 4.79 Å². The van der Waals surface area contributed by atoms with Crippen molar-refractivity contribution in [2.45, 2.75) is 19.4 Å². The summed E-state index contributed by atoms with van der Waals surface area (Å²) in [6.45, 7) is 7.30. The molecule has 1 aromatic heterocycles. The molecule has 0 aliphatic carbocycles. The average Bonchev–Trinajstić information content (AvgIpc) is 3.45. The molecule has 1 fully saturated rings. The number of hydrogen-bond acceptors (Lipinski definition) is 5. The van der Waals surface area contributed by atoms with Crippen molar-refractivity contribution >= 4 is 23.4 Å². The SMILES string of the molecule is C=C/C(=C\C=C/C)c1cc(C(=O)NN2C(=O)NC(C)(c3ccc(OC)cc3)C2=O)n(-c2ccccc2)n1. The number of benzene rings is 2. The molecule has 0 spiro atoms. The average molecular weight is 498 g/mol. The van der Waals surface area contributed by atoms with Crippen LogP contribution >= 0.6 is 0 Å². The molecule has 0 saturated carbocycles. The molecule has 188 valence electrons. The molecule has 3 aromatic rings. The molecular formula is C28H27N5O4. The standard InChI is InChI=1S/C28H27N5O4/c1-5-7-11-19(6-2)23-18-24(32(30-23)21-12-9-8-10-13-21)25(34)31-33-26(35)28(3,29-27(33)36)20-14-16-22(37-4)17-15-20/h5-18H,2H2,1,3-4H3,(H,29,36)(H,31,34)/b7-5-,19-11+. The number of ether oxygens (including phenoxy) is 1. The lowest BCUT2D eigenvalue weighted by Crippen LogP contribution is -2.48. The highest BCUT2D eigenvalue weighted by molar-refractivity contribution is 6.09. The van der Waals surface area contributed by atoms with E-state index in [1.165, 1.54) is 11.8 Å². The Bertz CT molecular complexity index is 1410. The predicted molar refractivity (Wildman–Crippen MR) is 140 cm³/mol. The fraction of sp³-hybridized carbons (Fsp3) is 0.143. The highest BCUT2D eigenvalue weighted by Crippen LogP contribution is 2.29. The molecule has 9 heteroatoms. The Labute approximate surface area is 214 Å². The Kier molecular flexibility index (Phi) is 7.06. The molecule has 1 unspecified atom stereocenters. The molecule has 1 atom stereocenters. The number of nitrogens with zero attached hydrogens (tertiary/aromatic N) is 3. The van der Waals surface area contributed by atoms with Crippen LogP contribution in [0.2, 0.25) is 0 Å². The van der Waals surface area contributed by atoms with Gasteiger partial charge in [-0.2, -0.15) is 10.1 Å². The maximum Gasteiger partial charge on any atom is 0.344 e. The summed E-state index contributed by atoms with van der Waals surface area (Å²) in [4.78, 5) is 39.6. The number of rotatable bonds is 8. The fourth-order valence-corrected chi connectivity index (χ4v) is 3.93. The van der Waals surface area contributed by atoms with Crippen molar-refractivity contribution in [2.24, 2.45) is 0 Å². The lowest BCUT2D eigenvalue weighted by atomic mass is 9.92. The molecule has 0 radical (unpaired) electrons. The highest BCUT2D eigenvalue weighted by Gasteiger charge is 2.50. The third kappa shape index (κ3) is 4.79. The third-order valence-electron chi connectivity index (χ3n) is 6.00. The van der Waals surface area contributed by atoms with E-state index in [-0.39, 0.29) is 5.69 Å². The van der Waals surface area contributed by atoms with Gasteiger partial charge in [0, 0.05) is 5.57 Å². The normalized spacial score (nSPS) is 17.7. The Morgan fingerprint density at radius 1 is 1.14 bits per heavy atom. The van der Waals surface area contributed by atoms with Crippen molar-refractivity contribution < 1.29 is 19.1 Å². The first kappa shape index (κ1) is 25.2. The van der Waals surface area contributed by atoms with Crippen LogP contribution in [-0.4, -0.2) is 39.7 Å². The largest absolute Gasteiger partial charge is 0.497 e. The minimum atomic E-state index is -1.37. The number of carbonyl (C=O) groups excluding carboxylic acids is 3. The van der Waals surface area contributed by atoms with Gasteiger partial charge >= 0.3 is 6.03 Å². The zero-order chi connectivity index (χ0) is 26.6. The Hall–Kier alpha value is -4.92. The number of nitrogens with one attached hydrogen (secondary N) is 2. The summed E-state index contributed by atoms with van der Waals surface area (Å²) in [7, 11) is 1.54. The zero-order valence-corrected chi connectivity index (χ0v) is 20.8. The van der Waals surface area contributed by atoms with Crippen LogP contribution in [0.3, 0.4) is 0 Å². The van der Waals surface area contributed by atoms with Crippen LogP contribution in [0.25, 0.3) is 11.3 Å². The van der Waals surface area contributed by atoms with Gasteiger partial charge in [0.2, 0.25) is 0 Å². The number of allylic oxidation sites excluding steroid dienone is 5. The predicted octanol–water partition coefficient (Wildman–Crippen LogP) is 4.14. The number of hydrogen-bond donors (Lipinski definition) is 2. The van der Waals surface area contributed by atoms with Crippen LogP contribution < -0.4 is 15.5 Å². The van der Waals surface area contributed by atoms with Gasteiger partial charge < -0.3 is 10.1 Å². The van der Waals surface area contributed by atoms with E-state index in [1.807, 2.05) is 43.4 Å². The molecule has 1 aliphatic heterocycles. The number of carbonyl (C=O) groups is 3. The molecule has 2 heterocycles. The third-order valence-corrected chi connectivity index (χ3v) is 6.00. The number of para-hydroxylation sites is 1. The first-order valence-electron chi connectivity index (χ1n) is 11.6. The number of amides is 4. The molecule has 4 amide bonds. The van der Waals surface area contributed by atoms with Gasteiger partial charge in [0.05, 0.1) is 18.5 Å². The summed E-state index contributed by atoms with van der Waals surface area (Å²) in [5, 5.41) is 7.96. The quantitative estimate of drug-likeness (QED) is 0.360. The van der Waals surface area contributed by atoms with Gasteiger partial charge in [-0.15, -0.1) is 0 Å². The smallest absolute Gasteiger partial charge is 0.344 e. The van der Waals surface area contributed by atoms with Gasteiger partial charge in [-0.25, -0.2) is 9.48 Å². The summed E-state index contributed by atoms with van der Waals surface area (Å²) in [5.41, 5.74) is 3.60. The summed E-state index contributed by atoms with van der Waals surface area (Å²) >= 11 is 0. The number of urea groups is 1. The minimum Gasteiger partial charge on any atom is -0.497 e. The Morgan fingerprint density at radius 3 is 2.46 bits per heavy atom. The number of aromatic nitrogens is 2. The van der Waals surface area contributed by atoms with Crippen LogP contribution in [0, 0.1) is 0 Å². The Balaban J connectivity index is 1.67. The molecule has 1 aliphatic rings. The monoisotopic (exact) mass is 497 g/mol. The van der Waals surface area contributed by atoms with Crippen molar-refractivity contribution in [1.29, 1.82) is 0 Å². The maximum absolute atomic E-state index is 13.4. The van der Waals surface area contributed by atoms with E-state index in [2.05, 4.69) is 22.4 Å². The van der Waals surface area contributed by atoms with Gasteiger partial charge in [-0.1, -0.05) is 61.2 Å². The minimum absolute atomic E-state index is 0.132. The van der Waals surface area contributed by atoms with E-state index in [0.29, 0.717) is 33.3 Å². The van der Waals surface area contributed by atoms with E-state index >= 15 is 0 Å². The lowest BCUT2D eigenvalue weighted by Gasteiger charge is -2.22. The lowest BCUT2D eigenvalue weighted by molar-refractivity contribution is -0.132. The molecule has 2 N–H and O–H groups in total. The molecule has 1 saturated heterocycles. The van der Waals surface area contributed by atoms with Crippen molar-refractivity contribution in [3.8, 4) is 11.4 Å². The number of hydrazine groups is 1. The van der Waals surface area contributed by atoms with E-state index in [4.69, 9.17) is 4.74 Å². The number of imide groups is 1. The molecule has 4 rings (SSSR count). The summed E-state index contributed by atoms with van der Waals surface area (Å²) < 4.78 is 6.63. The van der Waals surface area contributed by atoms with Crippen molar-refractivity contribution in [1.82, 2.24) is 25.5 Å². The van der Waals surface area contributed by atoms with Crippen LogP contribution in [-0.2, 0) is 10.3 Å². The number of methoxy groups -OCH3 is 1. The van der Waals surface area contributed by atoms with E-state index in [9.17, 15) is 14.4 Å². The Morgan fingerprint density at radius 2 is 1.84 bits per heavy atom.